The maximum absolute atomic E-state index is 12.0. The van der Waals surface area contributed by atoms with Crippen LogP contribution >= 0.6 is 61.1 Å². The molecule has 8 aromatic rings. The van der Waals surface area contributed by atoms with E-state index in [2.05, 4.69) is 0 Å². The number of rotatable bonds is 12. The van der Waals surface area contributed by atoms with Crippen molar-refractivity contribution < 1.29 is 65.6 Å². The average molecular weight is 1290 g/mol. The number of hydrogen-bond donors (Lipinski definition) is 1. The van der Waals surface area contributed by atoms with Gasteiger partial charge in [-0.15, -0.1) is 0 Å². The lowest BCUT2D eigenvalue weighted by atomic mass is 10.2. The highest BCUT2D eigenvalue weighted by Crippen LogP contribution is 2.30. The zero-order valence-corrected chi connectivity index (χ0v) is 53.1. The molecule has 458 valence electrons. The molecule has 4 aromatic carbocycles. The number of carbonyl (C=O) groups excluding carboxylic acids is 3. The van der Waals surface area contributed by atoms with E-state index in [0.717, 1.165) is 52.2 Å². The van der Waals surface area contributed by atoms with Crippen LogP contribution in [0.15, 0.2) is 205 Å². The number of likely N-dealkylation sites (N-methyl/N-ethyl adjacent to an activating group) is 4. The molecule has 0 saturated carbocycles. The molecular weight excluding hydrogens is 1230 g/mol. The van der Waals surface area contributed by atoms with Crippen molar-refractivity contribution in [2.24, 2.45) is 0 Å². The summed E-state index contributed by atoms with van der Waals surface area (Å²) in [4.78, 5) is 50.4. The van der Waals surface area contributed by atoms with Gasteiger partial charge in [0, 0.05) is 79.7 Å². The number of carboxylic acids is 1. The van der Waals surface area contributed by atoms with Crippen LogP contribution in [0.1, 0.15) is 51.9 Å². The van der Waals surface area contributed by atoms with Crippen molar-refractivity contribution in [3.63, 3.8) is 0 Å². The third kappa shape index (κ3) is 18.4. The second-order valence-corrected chi connectivity index (χ2v) is 20.2. The molecule has 89 heavy (non-hydrogen) atoms. The normalized spacial score (nSPS) is 15.4. The topological polar surface area (TPSA) is 200 Å². The minimum Gasteiger partial charge on any atom is -0.481 e. The molecule has 4 fully saturated rings. The second kappa shape index (κ2) is 32.9. The Bertz CT molecular complexity index is 3570. The molecule has 4 aromatic heterocycles. The minimum atomic E-state index is -0.833. The molecule has 0 radical (unpaired) electrons. The fraction of sp³-hybridized carbons (Fsp3) is 0.167. The predicted molar refractivity (Wildman–Crippen MR) is 357 cm³/mol. The summed E-state index contributed by atoms with van der Waals surface area (Å²) < 4.78 is 48.5. The summed E-state index contributed by atoms with van der Waals surface area (Å²) >= 11 is 25.2. The SMILES string of the molecule is CC(=O)O.CCN1C(=O)/C(=C/c2ccc(-c3ccccc3)o2)OC1=S.CCN1C(=O)/C(=C/c2ccc(-c3ccccc3)o2)OC1=S.CCN1C(=O)COC1=S.CCN1C(=S)O/C(=C\c2ccc(-c3ccccc3)o2)C1=S.COc1ccc(-c2ccccc2)o1. The van der Waals surface area contributed by atoms with Gasteiger partial charge in [0.05, 0.1) is 7.11 Å². The van der Waals surface area contributed by atoms with Gasteiger partial charge < -0.3 is 46.5 Å². The predicted octanol–water partition coefficient (Wildman–Crippen LogP) is 14.4. The fourth-order valence-electron chi connectivity index (χ4n) is 8.14. The van der Waals surface area contributed by atoms with Gasteiger partial charge in [0.25, 0.3) is 50.3 Å². The summed E-state index contributed by atoms with van der Waals surface area (Å²) in [5.41, 5.74) is 4.05. The Hall–Kier alpha value is -9.65. The largest absolute Gasteiger partial charge is 0.481 e. The van der Waals surface area contributed by atoms with Crippen LogP contribution in [-0.2, 0) is 38.1 Å². The van der Waals surface area contributed by atoms with E-state index in [9.17, 15) is 14.4 Å². The Balaban J connectivity index is 0.000000160. The molecule has 4 aliphatic heterocycles. The lowest BCUT2D eigenvalue weighted by Crippen LogP contribution is -2.28. The van der Waals surface area contributed by atoms with E-state index in [1.54, 1.807) is 42.4 Å². The number of nitrogens with zero attached hydrogens (tertiary/aromatic N) is 4. The van der Waals surface area contributed by atoms with Gasteiger partial charge in [-0.2, -0.15) is 0 Å². The molecule has 0 bridgehead atoms. The number of methoxy groups -OCH3 is 1. The summed E-state index contributed by atoms with van der Waals surface area (Å²) in [6, 6.07) is 54.2. The first-order chi connectivity index (χ1) is 42.9. The molecule has 4 aliphatic rings. The van der Waals surface area contributed by atoms with Gasteiger partial charge in [-0.1, -0.05) is 134 Å². The second-order valence-electron chi connectivity index (χ2n) is 18.4. The van der Waals surface area contributed by atoms with E-state index in [-0.39, 0.29) is 46.2 Å². The lowest BCUT2D eigenvalue weighted by molar-refractivity contribution is -0.134. The molecule has 23 heteroatoms. The number of carboxylic acid groups (broad SMARTS) is 1. The number of ether oxygens (including phenoxy) is 5. The number of furan rings is 4. The number of amides is 3. The number of hydrogen-bond acceptors (Lipinski definition) is 18. The Kier molecular flexibility index (Phi) is 24.7. The van der Waals surface area contributed by atoms with Gasteiger partial charge in [0.1, 0.15) is 40.3 Å². The Labute approximate surface area is 540 Å². The standard InChI is InChI=1S/2C16H13NO3S.C16H13NO2S2.C11H10O2.C5H7NO2S.C2H4O2/c2*1-2-17-15(18)14(20-16(17)21)10-12-8-9-13(19-12)11-6-4-3-5-7-11;1-2-17-15(20)14(19-16(17)21)10-12-8-9-13(18-12)11-6-4-3-5-7-11;1-12-11-8-7-10(13-11)9-5-3-2-4-6-9;1-2-6-4(7)3-8-5(6)9;1-2(3)4/h3*3-10H,2H2,1H3;2-8H,1H3;2-3H2,1H3;1H3,(H,3,4)/b3*14-10-;;;. The summed E-state index contributed by atoms with van der Waals surface area (Å²) in [6.07, 6.45) is 4.91. The van der Waals surface area contributed by atoms with Gasteiger partial charge in [0.2, 0.25) is 0 Å². The minimum absolute atomic E-state index is 0.0394. The first kappa shape index (κ1) is 66.9. The van der Waals surface area contributed by atoms with Crippen molar-refractivity contribution in [1.82, 2.24) is 19.6 Å². The van der Waals surface area contributed by atoms with Gasteiger partial charge in [-0.25, -0.2) is 0 Å². The molecule has 3 amide bonds. The summed E-state index contributed by atoms with van der Waals surface area (Å²) in [7, 11) is 1.59. The number of aliphatic carboxylic acids is 1. The Morgan fingerprint density at radius 1 is 0.449 bits per heavy atom. The van der Waals surface area contributed by atoms with Gasteiger partial charge in [-0.3, -0.25) is 38.8 Å². The molecule has 18 nitrogen and oxygen atoms in total. The summed E-state index contributed by atoms with van der Waals surface area (Å²) in [6.45, 7) is 11.0. The van der Waals surface area contributed by atoms with Crippen molar-refractivity contribution in [3.05, 3.63) is 204 Å². The van der Waals surface area contributed by atoms with Crippen molar-refractivity contribution in [1.29, 1.82) is 0 Å². The molecule has 12 rings (SSSR count). The highest BCUT2D eigenvalue weighted by molar-refractivity contribution is 7.82. The Morgan fingerprint density at radius 3 is 1.04 bits per heavy atom. The fourth-order valence-corrected chi connectivity index (χ4v) is 9.72. The van der Waals surface area contributed by atoms with Gasteiger partial charge in [0.15, 0.2) is 28.9 Å². The number of thiocarbonyl (C=S) groups is 5. The monoisotopic (exact) mass is 1290 g/mol. The first-order valence-electron chi connectivity index (χ1n) is 27.5. The zero-order chi connectivity index (χ0) is 64.0. The van der Waals surface area contributed by atoms with Crippen LogP contribution in [0.25, 0.3) is 63.5 Å². The molecule has 0 aliphatic carbocycles. The summed E-state index contributed by atoms with van der Waals surface area (Å²) in [5, 5.41) is 8.48. The maximum Gasteiger partial charge on any atom is 0.300 e. The van der Waals surface area contributed by atoms with Crippen LogP contribution in [-0.4, -0.2) is 114 Å². The van der Waals surface area contributed by atoms with E-state index < -0.39 is 5.97 Å². The smallest absolute Gasteiger partial charge is 0.300 e. The number of benzene rings is 4. The van der Waals surface area contributed by atoms with E-state index in [4.69, 9.17) is 112 Å². The average Bonchev–Trinajstić information content (AvgIpc) is 2.79. The molecule has 8 heterocycles. The number of carbonyl (C=O) groups is 4. The lowest BCUT2D eigenvalue weighted by Gasteiger charge is -2.09. The van der Waals surface area contributed by atoms with Crippen LogP contribution in [0.2, 0.25) is 0 Å². The van der Waals surface area contributed by atoms with E-state index in [1.165, 1.54) is 14.7 Å². The van der Waals surface area contributed by atoms with Crippen molar-refractivity contribution in [2.75, 3.05) is 39.9 Å². The van der Waals surface area contributed by atoms with Crippen LogP contribution in [0, 0.1) is 0 Å². The van der Waals surface area contributed by atoms with Crippen LogP contribution in [0.4, 0.5) is 0 Å². The highest BCUT2D eigenvalue weighted by atomic mass is 32.1. The van der Waals surface area contributed by atoms with Crippen molar-refractivity contribution >= 4 is 129 Å². The van der Waals surface area contributed by atoms with Crippen LogP contribution in [0.5, 0.6) is 5.95 Å². The third-order valence-electron chi connectivity index (χ3n) is 12.4. The van der Waals surface area contributed by atoms with E-state index in [0.29, 0.717) is 70.5 Å². The zero-order valence-electron chi connectivity index (χ0n) is 49.0. The van der Waals surface area contributed by atoms with E-state index >= 15 is 0 Å². The first-order valence-corrected chi connectivity index (χ1v) is 29.6. The molecule has 0 spiro atoms. The Morgan fingerprint density at radius 2 is 0.764 bits per heavy atom. The van der Waals surface area contributed by atoms with Gasteiger partial charge in [-0.05, 0) is 119 Å². The van der Waals surface area contributed by atoms with E-state index in [1.807, 2.05) is 185 Å². The molecule has 0 unspecified atom stereocenters. The van der Waals surface area contributed by atoms with Gasteiger partial charge >= 0.3 is 0 Å². The molecular formula is C66H60N4O14S5. The molecule has 1 N–H and O–H groups in total. The quantitative estimate of drug-likeness (QED) is 0.0893. The van der Waals surface area contributed by atoms with Crippen molar-refractivity contribution in [2.45, 2.75) is 34.6 Å². The third-order valence-corrected chi connectivity index (χ3v) is 14.1. The van der Waals surface area contributed by atoms with Crippen LogP contribution in [0.3, 0.4) is 0 Å². The van der Waals surface area contributed by atoms with Crippen molar-refractivity contribution in [3.8, 4) is 51.2 Å². The van der Waals surface area contributed by atoms with Crippen LogP contribution < -0.4 is 4.74 Å². The highest BCUT2D eigenvalue weighted by Gasteiger charge is 2.34. The molecule has 4 saturated heterocycles. The summed E-state index contributed by atoms with van der Waals surface area (Å²) in [5.74, 6) is 5.05. The maximum atomic E-state index is 12.0. The molecule has 0 atom stereocenters.